The van der Waals surface area contributed by atoms with Gasteiger partial charge in [-0.25, -0.2) is 0 Å². The number of nitrogens with one attached hydrogen (secondary N) is 1. The molecule has 2 aliphatic heterocycles. The van der Waals surface area contributed by atoms with Crippen LogP contribution in [0.2, 0.25) is 0 Å². The number of likely N-dealkylation sites (N-methyl/N-ethyl adjacent to an activating group) is 1. The van der Waals surface area contributed by atoms with Gasteiger partial charge < -0.3 is 19.7 Å². The van der Waals surface area contributed by atoms with Gasteiger partial charge in [0, 0.05) is 24.9 Å². The maximum Gasteiger partial charge on any atom is 0.228 e. The van der Waals surface area contributed by atoms with Crippen molar-refractivity contribution in [3.8, 4) is 17.2 Å². The first-order valence-electron chi connectivity index (χ1n) is 9.20. The van der Waals surface area contributed by atoms with Crippen molar-refractivity contribution in [2.45, 2.75) is 25.5 Å². The molecular formula is C21H24N2O3. The second kappa shape index (κ2) is 7.38. The molecule has 2 aliphatic rings. The van der Waals surface area contributed by atoms with Crippen LogP contribution in [0.3, 0.4) is 0 Å². The van der Waals surface area contributed by atoms with E-state index in [1.165, 1.54) is 0 Å². The Morgan fingerprint density at radius 3 is 2.65 bits per heavy atom. The smallest absolute Gasteiger partial charge is 0.228 e. The molecule has 1 unspecified atom stereocenters. The van der Waals surface area contributed by atoms with Crippen LogP contribution in [0.25, 0.3) is 0 Å². The number of hydrogen-bond acceptors (Lipinski definition) is 4. The van der Waals surface area contributed by atoms with Gasteiger partial charge in [0.1, 0.15) is 17.2 Å². The molecule has 4 rings (SSSR count). The Kier molecular flexibility index (Phi) is 4.80. The van der Waals surface area contributed by atoms with E-state index in [0.29, 0.717) is 6.42 Å². The standard InChI is InChI=1S/C21H24N2O3/c1-23(21(24)15-9-11-22-12-10-15)20-14-16-13-18(7-8-19(16)26-20)25-17-5-3-2-4-6-17/h2-8,13,15,20,22H,9-12,14H2,1H3. The molecule has 2 aromatic carbocycles. The van der Waals surface area contributed by atoms with Crippen LogP contribution in [0.1, 0.15) is 18.4 Å². The fourth-order valence-corrected chi connectivity index (χ4v) is 3.61. The van der Waals surface area contributed by atoms with Crippen LogP contribution in [-0.4, -0.2) is 37.2 Å². The molecule has 1 atom stereocenters. The first-order valence-corrected chi connectivity index (χ1v) is 9.20. The quantitative estimate of drug-likeness (QED) is 0.918. The molecule has 1 saturated heterocycles. The molecule has 1 fully saturated rings. The lowest BCUT2D eigenvalue weighted by Crippen LogP contribution is -2.45. The first kappa shape index (κ1) is 16.9. The number of para-hydroxylation sites is 1. The monoisotopic (exact) mass is 352 g/mol. The zero-order valence-corrected chi connectivity index (χ0v) is 15.0. The number of piperidine rings is 1. The number of carbonyl (C=O) groups excluding carboxylic acids is 1. The van der Waals surface area contributed by atoms with Gasteiger partial charge in [0.15, 0.2) is 6.23 Å². The molecule has 2 aromatic rings. The highest BCUT2D eigenvalue weighted by atomic mass is 16.5. The second-order valence-corrected chi connectivity index (χ2v) is 6.93. The van der Waals surface area contributed by atoms with Crippen LogP contribution in [0.4, 0.5) is 0 Å². The normalized spacial score (nSPS) is 19.5. The lowest BCUT2D eigenvalue weighted by molar-refractivity contribution is -0.141. The lowest BCUT2D eigenvalue weighted by atomic mass is 9.96. The highest BCUT2D eigenvalue weighted by Gasteiger charge is 2.33. The van der Waals surface area contributed by atoms with E-state index < -0.39 is 0 Å². The van der Waals surface area contributed by atoms with Gasteiger partial charge in [-0.15, -0.1) is 0 Å². The molecule has 0 aromatic heterocycles. The van der Waals surface area contributed by atoms with Gasteiger partial charge in [-0.3, -0.25) is 4.79 Å². The Bertz CT molecular complexity index is 772. The van der Waals surface area contributed by atoms with E-state index >= 15 is 0 Å². The third-order valence-electron chi connectivity index (χ3n) is 5.14. The maximum atomic E-state index is 12.7. The van der Waals surface area contributed by atoms with Gasteiger partial charge in [0.25, 0.3) is 0 Å². The van der Waals surface area contributed by atoms with Gasteiger partial charge in [-0.1, -0.05) is 18.2 Å². The molecule has 0 saturated carbocycles. The number of fused-ring (bicyclic) bond motifs is 1. The average molecular weight is 352 g/mol. The summed E-state index contributed by atoms with van der Waals surface area (Å²) in [5, 5.41) is 3.30. The number of nitrogens with zero attached hydrogens (tertiary/aromatic N) is 1. The first-order chi connectivity index (χ1) is 12.7. The van der Waals surface area contributed by atoms with Crippen molar-refractivity contribution in [2.24, 2.45) is 5.92 Å². The van der Waals surface area contributed by atoms with Crippen molar-refractivity contribution < 1.29 is 14.3 Å². The zero-order valence-electron chi connectivity index (χ0n) is 15.0. The largest absolute Gasteiger partial charge is 0.470 e. The zero-order chi connectivity index (χ0) is 17.9. The molecule has 5 nitrogen and oxygen atoms in total. The molecule has 26 heavy (non-hydrogen) atoms. The van der Waals surface area contributed by atoms with Gasteiger partial charge in [-0.2, -0.15) is 0 Å². The Hall–Kier alpha value is -2.53. The number of hydrogen-bond donors (Lipinski definition) is 1. The second-order valence-electron chi connectivity index (χ2n) is 6.93. The van der Waals surface area contributed by atoms with E-state index in [1.54, 1.807) is 4.90 Å². The predicted octanol–water partition coefficient (Wildman–Crippen LogP) is 3.20. The summed E-state index contributed by atoms with van der Waals surface area (Å²) >= 11 is 0. The topological polar surface area (TPSA) is 50.8 Å². The maximum absolute atomic E-state index is 12.7. The Balaban J connectivity index is 1.42. The molecule has 0 radical (unpaired) electrons. The van der Waals surface area contributed by atoms with Crippen LogP contribution in [-0.2, 0) is 11.2 Å². The van der Waals surface area contributed by atoms with Crippen LogP contribution in [0.5, 0.6) is 17.2 Å². The van der Waals surface area contributed by atoms with E-state index in [9.17, 15) is 4.79 Å². The number of rotatable bonds is 4. The highest BCUT2D eigenvalue weighted by Crippen LogP contribution is 2.34. The number of carbonyl (C=O) groups is 1. The van der Waals surface area contributed by atoms with Crippen LogP contribution >= 0.6 is 0 Å². The molecule has 2 heterocycles. The van der Waals surface area contributed by atoms with E-state index in [4.69, 9.17) is 9.47 Å². The summed E-state index contributed by atoms with van der Waals surface area (Å²) in [4.78, 5) is 14.5. The number of benzene rings is 2. The molecular weight excluding hydrogens is 328 g/mol. The third kappa shape index (κ3) is 3.53. The molecule has 1 amide bonds. The Morgan fingerprint density at radius 2 is 1.88 bits per heavy atom. The van der Waals surface area contributed by atoms with Crippen molar-refractivity contribution in [1.82, 2.24) is 10.2 Å². The summed E-state index contributed by atoms with van der Waals surface area (Å²) < 4.78 is 11.9. The Labute approximate surface area is 153 Å². The summed E-state index contributed by atoms with van der Waals surface area (Å²) in [6, 6.07) is 15.6. The highest BCUT2D eigenvalue weighted by molar-refractivity contribution is 5.79. The minimum Gasteiger partial charge on any atom is -0.470 e. The van der Waals surface area contributed by atoms with Gasteiger partial charge >= 0.3 is 0 Å². The van der Waals surface area contributed by atoms with E-state index in [1.807, 2.05) is 55.6 Å². The summed E-state index contributed by atoms with van der Waals surface area (Å²) in [6.45, 7) is 1.83. The SMILES string of the molecule is CN(C(=O)C1CCNCC1)C1Cc2cc(Oc3ccccc3)ccc2O1. The van der Waals surface area contributed by atoms with Crippen LogP contribution in [0, 0.1) is 5.92 Å². The third-order valence-corrected chi connectivity index (χ3v) is 5.14. The number of amides is 1. The predicted molar refractivity (Wildman–Crippen MR) is 99.4 cm³/mol. The molecule has 5 heteroatoms. The van der Waals surface area contributed by atoms with Gasteiger partial charge in [-0.05, 0) is 56.3 Å². The lowest BCUT2D eigenvalue weighted by Gasteiger charge is -2.30. The van der Waals surface area contributed by atoms with Crippen molar-refractivity contribution in [3.05, 3.63) is 54.1 Å². The number of ether oxygens (including phenoxy) is 2. The van der Waals surface area contributed by atoms with Crippen molar-refractivity contribution in [1.29, 1.82) is 0 Å². The summed E-state index contributed by atoms with van der Waals surface area (Å²) in [5.74, 6) is 2.71. The van der Waals surface area contributed by atoms with Crippen molar-refractivity contribution >= 4 is 5.91 Å². The fraction of sp³-hybridized carbons (Fsp3) is 0.381. The molecule has 0 bridgehead atoms. The molecule has 0 spiro atoms. The molecule has 1 N–H and O–H groups in total. The van der Waals surface area contributed by atoms with Gasteiger partial charge in [0.2, 0.25) is 5.91 Å². The Morgan fingerprint density at radius 1 is 1.12 bits per heavy atom. The van der Waals surface area contributed by atoms with Crippen molar-refractivity contribution in [3.63, 3.8) is 0 Å². The minimum absolute atomic E-state index is 0.102. The van der Waals surface area contributed by atoms with Crippen LogP contribution in [0.15, 0.2) is 48.5 Å². The van der Waals surface area contributed by atoms with E-state index in [-0.39, 0.29) is 18.1 Å². The summed E-state index contributed by atoms with van der Waals surface area (Å²) in [7, 11) is 1.85. The summed E-state index contributed by atoms with van der Waals surface area (Å²) in [5.41, 5.74) is 1.08. The molecule has 0 aliphatic carbocycles. The van der Waals surface area contributed by atoms with Crippen molar-refractivity contribution in [2.75, 3.05) is 20.1 Å². The fourth-order valence-electron chi connectivity index (χ4n) is 3.61. The van der Waals surface area contributed by atoms with E-state index in [2.05, 4.69) is 5.32 Å². The summed E-state index contributed by atoms with van der Waals surface area (Å²) in [6.07, 6.45) is 2.25. The minimum atomic E-state index is -0.237. The molecule has 136 valence electrons. The van der Waals surface area contributed by atoms with E-state index in [0.717, 1.165) is 48.7 Å². The van der Waals surface area contributed by atoms with Gasteiger partial charge in [0.05, 0.1) is 0 Å². The average Bonchev–Trinajstić information content (AvgIpc) is 3.11. The van der Waals surface area contributed by atoms with Crippen LogP contribution < -0.4 is 14.8 Å².